The Morgan fingerprint density at radius 3 is 2.33 bits per heavy atom. The highest BCUT2D eigenvalue weighted by molar-refractivity contribution is 7.89. The molecule has 0 aliphatic heterocycles. The van der Waals surface area contributed by atoms with E-state index in [1.165, 1.54) is 24.3 Å². The Morgan fingerprint density at radius 1 is 0.970 bits per heavy atom. The molecule has 0 aliphatic carbocycles. The number of carbonyl (C=O) groups is 1. The van der Waals surface area contributed by atoms with Gasteiger partial charge in [-0.25, -0.2) is 8.42 Å². The summed E-state index contributed by atoms with van der Waals surface area (Å²) in [5, 5.41) is 3.46. The van der Waals surface area contributed by atoms with Crippen LogP contribution >= 0.6 is 34.8 Å². The Morgan fingerprint density at radius 2 is 1.70 bits per heavy atom. The van der Waals surface area contributed by atoms with E-state index >= 15 is 0 Å². The van der Waals surface area contributed by atoms with Crippen LogP contribution in [0.4, 0.5) is 5.69 Å². The zero-order valence-electron chi connectivity index (χ0n) is 17.5. The molecule has 0 spiro atoms. The van der Waals surface area contributed by atoms with Crippen molar-refractivity contribution >= 4 is 56.4 Å². The number of nitrogens with one attached hydrogen (secondary N) is 2. The van der Waals surface area contributed by atoms with Crippen molar-refractivity contribution in [3.8, 4) is 5.75 Å². The maximum Gasteiger partial charge on any atom is 0.242 e. The van der Waals surface area contributed by atoms with Gasteiger partial charge < -0.3 is 10.1 Å². The van der Waals surface area contributed by atoms with Crippen molar-refractivity contribution in [2.75, 3.05) is 11.9 Å². The second-order valence-corrected chi connectivity index (χ2v) is 9.97. The van der Waals surface area contributed by atoms with Gasteiger partial charge in [0.1, 0.15) is 11.8 Å². The zero-order valence-corrected chi connectivity index (χ0v) is 20.6. The van der Waals surface area contributed by atoms with Gasteiger partial charge in [0, 0.05) is 5.02 Å². The molecule has 1 atom stereocenters. The van der Waals surface area contributed by atoms with E-state index in [1.807, 2.05) is 6.07 Å². The van der Waals surface area contributed by atoms with Crippen molar-refractivity contribution in [2.45, 2.75) is 24.3 Å². The summed E-state index contributed by atoms with van der Waals surface area (Å²) >= 11 is 18.2. The lowest BCUT2D eigenvalue weighted by atomic mass is 10.1. The molecule has 6 nitrogen and oxygen atoms in total. The van der Waals surface area contributed by atoms with Crippen LogP contribution in [-0.2, 0) is 21.2 Å². The molecular formula is C23H21Cl3N2O4S. The molecule has 0 aromatic heterocycles. The largest absolute Gasteiger partial charge is 0.492 e. The summed E-state index contributed by atoms with van der Waals surface area (Å²) in [6.07, 6.45) is 0.113. The maximum absolute atomic E-state index is 13.1. The van der Waals surface area contributed by atoms with Gasteiger partial charge in [0.15, 0.2) is 0 Å². The van der Waals surface area contributed by atoms with Gasteiger partial charge in [-0.1, -0.05) is 65.1 Å². The highest BCUT2D eigenvalue weighted by Gasteiger charge is 2.27. The second kappa shape index (κ2) is 11.2. The van der Waals surface area contributed by atoms with Gasteiger partial charge in [0.25, 0.3) is 0 Å². The average molecular weight is 528 g/mol. The molecule has 3 aromatic rings. The molecule has 10 heteroatoms. The van der Waals surface area contributed by atoms with Crippen LogP contribution in [0.15, 0.2) is 71.6 Å². The molecular weight excluding hydrogens is 507 g/mol. The van der Waals surface area contributed by atoms with Gasteiger partial charge >= 0.3 is 0 Å². The number of rotatable bonds is 9. The Balaban J connectivity index is 1.88. The molecule has 1 amide bonds. The zero-order chi connectivity index (χ0) is 24.0. The molecule has 2 N–H and O–H groups in total. The van der Waals surface area contributed by atoms with Crippen molar-refractivity contribution in [2.24, 2.45) is 0 Å². The SMILES string of the molecule is CCOc1ccc(S(=O)(=O)N[C@@H](Cc2ccccc2)C(=O)Nc2ccc(Cl)cc2Cl)cc1Cl. The number of benzene rings is 3. The number of carbonyl (C=O) groups excluding carboxylic acids is 1. The number of anilines is 1. The third-order valence-corrected chi connectivity index (χ3v) is 6.91. The van der Waals surface area contributed by atoms with Crippen LogP contribution in [0.3, 0.4) is 0 Å². The van der Waals surface area contributed by atoms with Gasteiger partial charge in [-0.15, -0.1) is 0 Å². The third kappa shape index (κ3) is 6.85. The Bertz CT molecular complexity index is 1240. The van der Waals surface area contributed by atoms with Crippen LogP contribution in [0.5, 0.6) is 5.75 Å². The highest BCUT2D eigenvalue weighted by Crippen LogP contribution is 2.28. The van der Waals surface area contributed by atoms with E-state index in [-0.39, 0.29) is 21.4 Å². The summed E-state index contributed by atoms with van der Waals surface area (Å²) in [6, 6.07) is 16.6. The van der Waals surface area contributed by atoms with Crippen molar-refractivity contribution in [3.63, 3.8) is 0 Å². The van der Waals surface area contributed by atoms with Crippen LogP contribution in [0.25, 0.3) is 0 Å². The molecule has 33 heavy (non-hydrogen) atoms. The number of hydrogen-bond acceptors (Lipinski definition) is 4. The first kappa shape index (κ1) is 25.3. The molecule has 0 radical (unpaired) electrons. The quantitative estimate of drug-likeness (QED) is 0.381. The first-order valence-corrected chi connectivity index (χ1v) is 12.6. The summed E-state index contributed by atoms with van der Waals surface area (Å²) in [5.74, 6) is -0.210. The number of sulfonamides is 1. The number of hydrogen-bond donors (Lipinski definition) is 2. The van der Waals surface area contributed by atoms with Crippen LogP contribution in [0.2, 0.25) is 15.1 Å². The molecule has 3 rings (SSSR count). The summed E-state index contributed by atoms with van der Waals surface area (Å²) < 4.78 is 34.0. The molecule has 0 saturated carbocycles. The summed E-state index contributed by atoms with van der Waals surface area (Å²) in [5.41, 5.74) is 1.08. The van der Waals surface area contributed by atoms with Gasteiger partial charge in [-0.2, -0.15) is 4.72 Å². The normalized spacial score (nSPS) is 12.2. The summed E-state index contributed by atoms with van der Waals surface area (Å²) in [6.45, 7) is 2.18. The Hall–Kier alpha value is -2.29. The molecule has 0 bridgehead atoms. The summed E-state index contributed by atoms with van der Waals surface area (Å²) in [7, 11) is -4.09. The number of amides is 1. The second-order valence-electron chi connectivity index (χ2n) is 7.00. The maximum atomic E-state index is 13.1. The van der Waals surface area contributed by atoms with E-state index in [0.717, 1.165) is 5.56 Å². The molecule has 0 heterocycles. The molecule has 3 aromatic carbocycles. The van der Waals surface area contributed by atoms with E-state index < -0.39 is 22.0 Å². The van der Waals surface area contributed by atoms with Gasteiger partial charge in [-0.05, 0) is 55.3 Å². The predicted molar refractivity (Wildman–Crippen MR) is 132 cm³/mol. The van der Waals surface area contributed by atoms with Crippen molar-refractivity contribution < 1.29 is 17.9 Å². The fraction of sp³-hybridized carbons (Fsp3) is 0.174. The fourth-order valence-electron chi connectivity index (χ4n) is 3.02. The minimum absolute atomic E-state index is 0.0914. The monoisotopic (exact) mass is 526 g/mol. The third-order valence-electron chi connectivity index (χ3n) is 4.60. The molecule has 174 valence electrons. The van der Waals surface area contributed by atoms with E-state index in [1.54, 1.807) is 43.3 Å². The topological polar surface area (TPSA) is 84.5 Å². The fourth-order valence-corrected chi connectivity index (χ4v) is 5.00. The lowest BCUT2D eigenvalue weighted by molar-refractivity contribution is -0.117. The minimum Gasteiger partial charge on any atom is -0.492 e. The molecule has 0 unspecified atom stereocenters. The lowest BCUT2D eigenvalue weighted by Crippen LogP contribution is -2.45. The minimum atomic E-state index is -4.09. The Labute approximate surface area is 207 Å². The molecule has 0 aliphatic rings. The van der Waals surface area contributed by atoms with Gasteiger partial charge in [-0.3, -0.25) is 4.79 Å². The van der Waals surface area contributed by atoms with Gasteiger partial charge in [0.05, 0.1) is 27.2 Å². The van der Waals surface area contributed by atoms with Crippen LogP contribution in [0, 0.1) is 0 Å². The first-order chi connectivity index (χ1) is 15.7. The van der Waals surface area contributed by atoms with E-state index in [4.69, 9.17) is 39.5 Å². The first-order valence-electron chi connectivity index (χ1n) is 9.94. The van der Waals surface area contributed by atoms with Crippen LogP contribution < -0.4 is 14.8 Å². The van der Waals surface area contributed by atoms with E-state index in [0.29, 0.717) is 23.1 Å². The Kier molecular flexibility index (Phi) is 8.62. The smallest absolute Gasteiger partial charge is 0.242 e. The number of halogens is 3. The number of ether oxygens (including phenoxy) is 1. The van der Waals surface area contributed by atoms with Crippen LogP contribution in [-0.4, -0.2) is 27.0 Å². The lowest BCUT2D eigenvalue weighted by Gasteiger charge is -2.19. The summed E-state index contributed by atoms with van der Waals surface area (Å²) in [4.78, 5) is 13.0. The highest BCUT2D eigenvalue weighted by atomic mass is 35.5. The molecule has 0 fully saturated rings. The average Bonchev–Trinajstić information content (AvgIpc) is 2.77. The molecule has 0 saturated heterocycles. The standard InChI is InChI=1S/C23H21Cl3N2O4S/c1-2-32-22-11-9-17(14-19(22)26)33(30,31)28-21(12-15-6-4-3-5-7-15)23(29)27-20-10-8-16(24)13-18(20)25/h3-11,13-14,21,28H,2,12H2,1H3,(H,27,29)/t21-/m0/s1. The van der Waals surface area contributed by atoms with Gasteiger partial charge in [0.2, 0.25) is 15.9 Å². The van der Waals surface area contributed by atoms with E-state index in [9.17, 15) is 13.2 Å². The van der Waals surface area contributed by atoms with Crippen LogP contribution in [0.1, 0.15) is 12.5 Å². The van der Waals surface area contributed by atoms with Crippen molar-refractivity contribution in [3.05, 3.63) is 87.4 Å². The van der Waals surface area contributed by atoms with Crippen molar-refractivity contribution in [1.82, 2.24) is 4.72 Å². The van der Waals surface area contributed by atoms with E-state index in [2.05, 4.69) is 10.0 Å². The van der Waals surface area contributed by atoms with Crippen molar-refractivity contribution in [1.29, 1.82) is 0 Å². The predicted octanol–water partition coefficient (Wildman–Crippen LogP) is 5.57.